The van der Waals surface area contributed by atoms with Gasteiger partial charge in [0.25, 0.3) is 0 Å². The lowest BCUT2D eigenvalue weighted by Crippen LogP contribution is -2.17. The van der Waals surface area contributed by atoms with Gasteiger partial charge < -0.3 is 14.3 Å². The lowest BCUT2D eigenvalue weighted by molar-refractivity contribution is -0.139. The Hall–Kier alpha value is -1.19. The number of carboxylic acid groups (broad SMARTS) is 1. The predicted molar refractivity (Wildman–Crippen MR) is 132 cm³/mol. The summed E-state index contributed by atoms with van der Waals surface area (Å²) >= 11 is 11.0. The molecule has 0 radical (unpaired) electrons. The van der Waals surface area contributed by atoms with Gasteiger partial charge in [0.05, 0.1) is 14.3 Å². The van der Waals surface area contributed by atoms with Gasteiger partial charge in [0.2, 0.25) is 0 Å². The standard InChI is InChI=1S/C18H10Br2I2N2O5/c19-10-1-8-3-14(29-17(8)13(22)4-10)18(27)24-23-6-9-2-11(21)5-12(20)16(9)28-7-15(25)26/h1-6H,7H2,(H,24,27)(H,25,26)/b23-6-. The fraction of sp³-hybridized carbons (Fsp3) is 0.0556. The van der Waals surface area contributed by atoms with Crippen LogP contribution in [0.4, 0.5) is 0 Å². The number of carbonyl (C=O) groups excluding carboxylic acids is 1. The molecule has 150 valence electrons. The average Bonchev–Trinajstić information content (AvgIpc) is 3.05. The van der Waals surface area contributed by atoms with Crippen molar-refractivity contribution in [1.29, 1.82) is 0 Å². The minimum atomic E-state index is -1.10. The van der Waals surface area contributed by atoms with E-state index in [4.69, 9.17) is 14.3 Å². The van der Waals surface area contributed by atoms with E-state index in [0.717, 1.165) is 17.0 Å². The summed E-state index contributed by atoms with van der Waals surface area (Å²) in [5.41, 5.74) is 3.53. The van der Waals surface area contributed by atoms with Gasteiger partial charge in [-0.15, -0.1) is 0 Å². The Kier molecular flexibility index (Phi) is 7.56. The normalized spacial score (nSPS) is 11.2. The number of halogens is 4. The van der Waals surface area contributed by atoms with Gasteiger partial charge in [0.15, 0.2) is 12.4 Å². The highest BCUT2D eigenvalue weighted by Gasteiger charge is 2.15. The molecular weight excluding hydrogens is 738 g/mol. The number of amides is 1. The van der Waals surface area contributed by atoms with Crippen molar-refractivity contribution >= 4 is 106 Å². The van der Waals surface area contributed by atoms with Crippen LogP contribution in [-0.4, -0.2) is 29.8 Å². The zero-order chi connectivity index (χ0) is 21.1. The van der Waals surface area contributed by atoms with Gasteiger partial charge in [-0.05, 0) is 91.4 Å². The van der Waals surface area contributed by atoms with Crippen LogP contribution in [0, 0.1) is 7.14 Å². The molecule has 29 heavy (non-hydrogen) atoms. The van der Waals surface area contributed by atoms with Gasteiger partial charge in [0, 0.05) is 19.0 Å². The summed E-state index contributed by atoms with van der Waals surface area (Å²) in [5, 5.41) is 13.6. The molecule has 0 saturated carbocycles. The molecule has 0 unspecified atom stereocenters. The van der Waals surface area contributed by atoms with Crippen LogP contribution in [0.1, 0.15) is 16.1 Å². The second kappa shape index (κ2) is 9.75. The molecule has 1 aromatic heterocycles. The molecule has 1 amide bonds. The number of rotatable bonds is 6. The van der Waals surface area contributed by atoms with Crippen molar-refractivity contribution in [2.45, 2.75) is 0 Å². The van der Waals surface area contributed by atoms with E-state index in [1.807, 2.05) is 12.1 Å². The largest absolute Gasteiger partial charge is 0.480 e. The Bertz CT molecular complexity index is 1150. The molecule has 0 aliphatic rings. The summed E-state index contributed by atoms with van der Waals surface area (Å²) in [4.78, 5) is 23.2. The summed E-state index contributed by atoms with van der Waals surface area (Å²) in [6.45, 7) is -0.500. The van der Waals surface area contributed by atoms with E-state index in [9.17, 15) is 9.59 Å². The number of hydrogen-bond donors (Lipinski definition) is 2. The number of furan rings is 1. The van der Waals surface area contributed by atoms with E-state index in [1.165, 1.54) is 6.21 Å². The Labute approximate surface area is 208 Å². The highest BCUT2D eigenvalue weighted by atomic mass is 127. The smallest absolute Gasteiger partial charge is 0.341 e. The second-order valence-electron chi connectivity index (χ2n) is 5.60. The molecule has 11 heteroatoms. The summed E-state index contributed by atoms with van der Waals surface area (Å²) in [5.74, 6) is -1.17. The summed E-state index contributed by atoms with van der Waals surface area (Å²) < 4.78 is 14.2. The third-order valence-electron chi connectivity index (χ3n) is 3.51. The molecule has 7 nitrogen and oxygen atoms in total. The number of hydrazone groups is 1. The molecule has 0 saturated heterocycles. The fourth-order valence-electron chi connectivity index (χ4n) is 2.37. The molecule has 3 rings (SSSR count). The van der Waals surface area contributed by atoms with Crippen LogP contribution in [0.3, 0.4) is 0 Å². The lowest BCUT2D eigenvalue weighted by atomic mass is 10.2. The van der Waals surface area contributed by atoms with E-state index in [-0.39, 0.29) is 5.76 Å². The van der Waals surface area contributed by atoms with Crippen LogP contribution in [0.2, 0.25) is 0 Å². The van der Waals surface area contributed by atoms with Crippen LogP contribution >= 0.6 is 77.0 Å². The number of benzene rings is 2. The van der Waals surface area contributed by atoms with Crippen molar-refractivity contribution in [2.24, 2.45) is 5.10 Å². The molecule has 0 spiro atoms. The molecular formula is C18H10Br2I2N2O5. The van der Waals surface area contributed by atoms with Crippen molar-refractivity contribution in [3.8, 4) is 5.75 Å². The van der Waals surface area contributed by atoms with Gasteiger partial charge in [-0.3, -0.25) is 4.79 Å². The first-order valence-corrected chi connectivity index (χ1v) is 11.5. The Balaban J connectivity index is 1.80. The van der Waals surface area contributed by atoms with E-state index in [1.54, 1.807) is 18.2 Å². The summed E-state index contributed by atoms with van der Waals surface area (Å²) in [6, 6.07) is 8.91. The highest BCUT2D eigenvalue weighted by molar-refractivity contribution is 14.1. The van der Waals surface area contributed by atoms with Crippen molar-refractivity contribution in [3.63, 3.8) is 0 Å². The molecule has 0 fully saturated rings. The van der Waals surface area contributed by atoms with Gasteiger partial charge in [0.1, 0.15) is 11.3 Å². The van der Waals surface area contributed by atoms with Crippen LogP contribution in [-0.2, 0) is 4.79 Å². The number of ether oxygens (including phenoxy) is 1. The van der Waals surface area contributed by atoms with Gasteiger partial charge in [-0.25, -0.2) is 10.2 Å². The Morgan fingerprint density at radius 3 is 2.69 bits per heavy atom. The maximum absolute atomic E-state index is 12.4. The fourth-order valence-corrected chi connectivity index (χ4v) is 5.69. The first-order chi connectivity index (χ1) is 13.7. The maximum Gasteiger partial charge on any atom is 0.341 e. The molecule has 0 aliphatic heterocycles. The van der Waals surface area contributed by atoms with E-state index in [0.29, 0.717) is 21.4 Å². The molecule has 0 atom stereocenters. The summed E-state index contributed by atoms with van der Waals surface area (Å²) in [7, 11) is 0. The van der Waals surface area contributed by atoms with Gasteiger partial charge in [-0.2, -0.15) is 5.10 Å². The zero-order valence-electron chi connectivity index (χ0n) is 14.2. The minimum absolute atomic E-state index is 0.124. The first kappa shape index (κ1) is 22.5. The van der Waals surface area contributed by atoms with Crippen LogP contribution < -0.4 is 10.2 Å². The highest BCUT2D eigenvalue weighted by Crippen LogP contribution is 2.31. The van der Waals surface area contributed by atoms with E-state index >= 15 is 0 Å². The lowest BCUT2D eigenvalue weighted by Gasteiger charge is -2.10. The van der Waals surface area contributed by atoms with E-state index < -0.39 is 18.5 Å². The SMILES string of the molecule is O=C(O)COc1c(Br)cc(I)cc1/C=N\NC(=O)c1cc2cc(Br)cc(I)c2o1. The molecule has 3 aromatic rings. The number of carbonyl (C=O) groups is 2. The number of nitrogens with zero attached hydrogens (tertiary/aromatic N) is 1. The molecule has 0 aliphatic carbocycles. The van der Waals surface area contributed by atoms with Gasteiger partial charge >= 0.3 is 11.9 Å². The number of aliphatic carboxylic acids is 1. The van der Waals surface area contributed by atoms with Crippen LogP contribution in [0.25, 0.3) is 11.0 Å². The monoisotopic (exact) mass is 746 g/mol. The topological polar surface area (TPSA) is 101 Å². The van der Waals surface area contributed by atoms with Gasteiger partial charge in [-0.1, -0.05) is 15.9 Å². The quantitative estimate of drug-likeness (QED) is 0.200. The molecule has 1 heterocycles. The van der Waals surface area contributed by atoms with Crippen molar-refractivity contribution in [1.82, 2.24) is 5.43 Å². The number of hydrogen-bond acceptors (Lipinski definition) is 5. The average molecular weight is 748 g/mol. The summed E-state index contributed by atoms with van der Waals surface area (Å²) in [6.07, 6.45) is 1.38. The number of fused-ring (bicyclic) bond motifs is 1. The van der Waals surface area contributed by atoms with Crippen LogP contribution in [0.15, 0.2) is 48.8 Å². The van der Waals surface area contributed by atoms with E-state index in [2.05, 4.69) is 87.6 Å². The molecule has 2 aromatic carbocycles. The van der Waals surface area contributed by atoms with Crippen molar-refractivity contribution < 1.29 is 23.8 Å². The number of carboxylic acids is 1. The second-order valence-corrected chi connectivity index (χ2v) is 9.78. The minimum Gasteiger partial charge on any atom is -0.480 e. The molecule has 2 N–H and O–H groups in total. The Morgan fingerprint density at radius 2 is 1.97 bits per heavy atom. The zero-order valence-corrected chi connectivity index (χ0v) is 21.7. The van der Waals surface area contributed by atoms with Crippen molar-refractivity contribution in [3.05, 3.63) is 57.7 Å². The maximum atomic E-state index is 12.4. The Morgan fingerprint density at radius 1 is 1.21 bits per heavy atom. The van der Waals surface area contributed by atoms with Crippen molar-refractivity contribution in [2.75, 3.05) is 6.61 Å². The predicted octanol–water partition coefficient (Wildman–Crippen LogP) is 5.39. The first-order valence-electron chi connectivity index (χ1n) is 7.80. The molecule has 0 bridgehead atoms. The third-order valence-corrected chi connectivity index (χ3v) is 5.98. The number of nitrogens with one attached hydrogen (secondary N) is 1. The van der Waals surface area contributed by atoms with Crippen LogP contribution in [0.5, 0.6) is 5.75 Å². The third kappa shape index (κ3) is 5.70.